The zero-order valence-electron chi connectivity index (χ0n) is 24.0. The summed E-state index contributed by atoms with van der Waals surface area (Å²) < 4.78 is 31.8. The maximum Gasteiger partial charge on any atom is 0.410 e. The lowest BCUT2D eigenvalue weighted by Gasteiger charge is -2.28. The van der Waals surface area contributed by atoms with Crippen molar-refractivity contribution in [3.8, 4) is 22.8 Å². The molecule has 0 spiro atoms. The number of fused-ring (bicyclic) bond motifs is 1. The summed E-state index contributed by atoms with van der Waals surface area (Å²) in [5, 5.41) is 3.27. The van der Waals surface area contributed by atoms with Crippen molar-refractivity contribution in [1.29, 1.82) is 0 Å². The van der Waals surface area contributed by atoms with Crippen molar-refractivity contribution in [1.82, 2.24) is 19.8 Å². The molecule has 0 aliphatic carbocycles. The summed E-state index contributed by atoms with van der Waals surface area (Å²) >= 11 is 0. The Labute approximate surface area is 238 Å². The van der Waals surface area contributed by atoms with Gasteiger partial charge in [-0.25, -0.2) is 9.18 Å². The average molecular weight is 566 g/mol. The summed E-state index contributed by atoms with van der Waals surface area (Å²) in [7, 11) is 3.15. The highest BCUT2D eigenvalue weighted by atomic mass is 19.1. The molecular weight excluding hydrogens is 529 g/mol. The van der Waals surface area contributed by atoms with E-state index in [1.807, 2.05) is 20.8 Å². The minimum absolute atomic E-state index is 0.0414. The summed E-state index contributed by atoms with van der Waals surface area (Å²) in [4.78, 5) is 37.2. The van der Waals surface area contributed by atoms with Crippen LogP contribution in [0, 0.1) is 5.82 Å². The smallest absolute Gasteiger partial charge is 0.410 e. The van der Waals surface area contributed by atoms with Gasteiger partial charge in [0, 0.05) is 44.0 Å². The number of likely N-dealkylation sites (N-methyl/N-ethyl adjacent to an activating group) is 1. The predicted molar refractivity (Wildman–Crippen MR) is 152 cm³/mol. The van der Waals surface area contributed by atoms with Crippen LogP contribution in [0.25, 0.3) is 11.3 Å². The molecule has 10 nitrogen and oxygen atoms in total. The number of halogens is 1. The quantitative estimate of drug-likeness (QED) is 0.396. The van der Waals surface area contributed by atoms with Crippen LogP contribution in [0.2, 0.25) is 0 Å². The molecule has 1 aromatic carbocycles. The fourth-order valence-corrected chi connectivity index (χ4v) is 5.28. The largest absolute Gasteiger partial charge is 0.492 e. The monoisotopic (exact) mass is 565 g/mol. The number of aromatic amines is 1. The van der Waals surface area contributed by atoms with Gasteiger partial charge in [0.1, 0.15) is 18.0 Å². The van der Waals surface area contributed by atoms with Crippen molar-refractivity contribution >= 4 is 23.4 Å². The number of amides is 2. The van der Waals surface area contributed by atoms with Gasteiger partial charge in [0.25, 0.3) is 5.91 Å². The molecule has 218 valence electrons. The van der Waals surface area contributed by atoms with E-state index in [0.717, 1.165) is 18.5 Å². The molecule has 1 fully saturated rings. The highest BCUT2D eigenvalue weighted by Crippen LogP contribution is 2.42. The molecule has 11 heteroatoms. The van der Waals surface area contributed by atoms with Crippen LogP contribution in [0.15, 0.2) is 36.7 Å². The fourth-order valence-electron chi connectivity index (χ4n) is 5.28. The Morgan fingerprint density at radius 3 is 2.80 bits per heavy atom. The molecule has 2 amide bonds. The topological polar surface area (TPSA) is 109 Å². The molecule has 1 saturated heterocycles. The molecule has 0 bridgehead atoms. The molecule has 3 aromatic rings. The van der Waals surface area contributed by atoms with Gasteiger partial charge in [0.15, 0.2) is 11.6 Å². The Bertz CT molecular complexity index is 1450. The number of hydrogen-bond donors (Lipinski definition) is 2. The van der Waals surface area contributed by atoms with E-state index >= 15 is 0 Å². The number of methoxy groups -OCH3 is 1. The van der Waals surface area contributed by atoms with E-state index in [1.54, 1.807) is 47.4 Å². The molecular formula is C30H36FN5O5. The van der Waals surface area contributed by atoms with E-state index in [-0.39, 0.29) is 30.4 Å². The molecule has 2 aliphatic rings. The first-order valence-corrected chi connectivity index (χ1v) is 13.7. The van der Waals surface area contributed by atoms with Gasteiger partial charge < -0.3 is 34.3 Å². The van der Waals surface area contributed by atoms with Crippen molar-refractivity contribution in [2.45, 2.75) is 51.7 Å². The molecule has 2 aromatic heterocycles. The lowest BCUT2D eigenvalue weighted by Crippen LogP contribution is -2.42. The predicted octanol–water partition coefficient (Wildman–Crippen LogP) is 5.37. The Balaban J connectivity index is 1.49. The Morgan fingerprint density at radius 1 is 1.24 bits per heavy atom. The van der Waals surface area contributed by atoms with E-state index in [4.69, 9.17) is 14.2 Å². The number of carbonyl (C=O) groups excluding carboxylic acids is 2. The first-order chi connectivity index (χ1) is 19.6. The Hall–Kier alpha value is -4.28. The van der Waals surface area contributed by atoms with Gasteiger partial charge in [-0.3, -0.25) is 9.78 Å². The minimum Gasteiger partial charge on any atom is -0.492 e. The van der Waals surface area contributed by atoms with Crippen molar-refractivity contribution in [3.63, 3.8) is 0 Å². The number of anilines is 2. The second-order valence-corrected chi connectivity index (χ2v) is 11.3. The number of ether oxygens (including phenoxy) is 3. The Morgan fingerprint density at radius 2 is 2.05 bits per heavy atom. The van der Waals surface area contributed by atoms with Gasteiger partial charge in [-0.15, -0.1) is 0 Å². The van der Waals surface area contributed by atoms with E-state index in [2.05, 4.69) is 15.3 Å². The number of pyridine rings is 1. The molecule has 2 N–H and O–H groups in total. The normalized spacial score (nSPS) is 16.9. The summed E-state index contributed by atoms with van der Waals surface area (Å²) in [6.45, 7) is 6.95. The molecule has 5 rings (SSSR count). The van der Waals surface area contributed by atoms with Crippen LogP contribution in [-0.2, 0) is 11.2 Å². The first-order valence-electron chi connectivity index (χ1n) is 13.7. The number of nitrogens with one attached hydrogen (secondary N) is 2. The fraction of sp³-hybridized carbons (Fsp3) is 0.433. The van der Waals surface area contributed by atoms with Crippen LogP contribution in [-0.4, -0.2) is 77.3 Å². The lowest BCUT2D eigenvalue weighted by molar-refractivity contribution is 0.0187. The highest BCUT2D eigenvalue weighted by molar-refractivity contribution is 6.06. The van der Waals surface area contributed by atoms with E-state index in [0.29, 0.717) is 53.5 Å². The summed E-state index contributed by atoms with van der Waals surface area (Å²) in [5.74, 6) is -0.148. The molecule has 2 aliphatic heterocycles. The maximum atomic E-state index is 14.6. The minimum atomic E-state index is -0.590. The van der Waals surface area contributed by atoms with Crippen LogP contribution >= 0.6 is 0 Å². The zero-order valence-corrected chi connectivity index (χ0v) is 24.0. The van der Waals surface area contributed by atoms with Gasteiger partial charge in [-0.2, -0.15) is 0 Å². The first kappa shape index (κ1) is 28.3. The third-order valence-electron chi connectivity index (χ3n) is 7.26. The summed E-state index contributed by atoms with van der Waals surface area (Å²) in [6.07, 6.45) is 5.17. The number of benzene rings is 1. The molecule has 1 atom stereocenters. The molecule has 0 radical (unpaired) electrons. The molecule has 0 unspecified atom stereocenters. The Kier molecular flexibility index (Phi) is 7.79. The third-order valence-corrected chi connectivity index (χ3v) is 7.26. The van der Waals surface area contributed by atoms with Crippen LogP contribution in [0.1, 0.15) is 49.7 Å². The van der Waals surface area contributed by atoms with E-state index < -0.39 is 11.4 Å². The van der Waals surface area contributed by atoms with Gasteiger partial charge in [0.2, 0.25) is 0 Å². The zero-order chi connectivity index (χ0) is 29.3. The number of aromatic nitrogens is 2. The number of hydrogen-bond acceptors (Lipinski definition) is 7. The lowest BCUT2D eigenvalue weighted by atomic mass is 10.0. The second-order valence-electron chi connectivity index (χ2n) is 11.3. The number of likely N-dealkylation sites (tertiary alicyclic amines) is 1. The third kappa shape index (κ3) is 5.79. The summed E-state index contributed by atoms with van der Waals surface area (Å²) in [5.41, 5.74) is 2.82. The van der Waals surface area contributed by atoms with Crippen LogP contribution < -0.4 is 14.8 Å². The van der Waals surface area contributed by atoms with Crippen LogP contribution in [0.4, 0.5) is 20.6 Å². The molecule has 4 heterocycles. The number of carbonyl (C=O) groups is 2. The van der Waals surface area contributed by atoms with Crippen molar-refractivity contribution in [3.05, 3.63) is 53.7 Å². The van der Waals surface area contributed by atoms with Crippen LogP contribution in [0.3, 0.4) is 0 Å². The number of rotatable bonds is 7. The van der Waals surface area contributed by atoms with Gasteiger partial charge >= 0.3 is 6.09 Å². The number of H-pyrrole nitrogens is 1. The van der Waals surface area contributed by atoms with Gasteiger partial charge in [-0.05, 0) is 51.8 Å². The van der Waals surface area contributed by atoms with Crippen molar-refractivity contribution in [2.75, 3.05) is 39.2 Å². The van der Waals surface area contributed by atoms with Crippen molar-refractivity contribution < 1.29 is 28.2 Å². The summed E-state index contributed by atoms with van der Waals surface area (Å²) in [6, 6.07) is 6.23. The SMILES string of the molecule is COc1c(F)cccc1Nc1c(-c2ccncc2OC[C@H]2CCCN2C(=O)OC(C)(C)C)[nH]c2c1C(=O)N(C)CC2. The van der Waals surface area contributed by atoms with Crippen LogP contribution in [0.5, 0.6) is 11.5 Å². The average Bonchev–Trinajstić information content (AvgIpc) is 3.54. The standard InChI is InChI=1S/C30H36FN5O5/c1-30(2,3)41-29(38)36-14-7-8-18(36)17-40-23-16-32-13-11-19(23)25-26(24-21(33-25)12-15-35(4)28(24)37)34-22-10-6-9-20(31)27(22)39-5/h6,9-11,13,16,18,33-34H,7-8,12,14-15,17H2,1-5H3/t18-/m1/s1. The highest BCUT2D eigenvalue weighted by Gasteiger charge is 2.34. The van der Waals surface area contributed by atoms with Crippen molar-refractivity contribution in [2.24, 2.45) is 0 Å². The van der Waals surface area contributed by atoms with Gasteiger partial charge in [0.05, 0.1) is 42.0 Å². The van der Waals surface area contributed by atoms with Gasteiger partial charge in [-0.1, -0.05) is 6.07 Å². The number of para-hydroxylation sites is 1. The molecule has 0 saturated carbocycles. The molecule has 41 heavy (non-hydrogen) atoms. The van der Waals surface area contributed by atoms with E-state index in [1.165, 1.54) is 13.2 Å². The second kappa shape index (κ2) is 11.3. The van der Waals surface area contributed by atoms with E-state index in [9.17, 15) is 14.0 Å². The number of nitrogens with zero attached hydrogens (tertiary/aromatic N) is 3. The maximum absolute atomic E-state index is 14.6.